The van der Waals surface area contributed by atoms with Gasteiger partial charge in [0.1, 0.15) is 5.60 Å². The molecule has 1 amide bonds. The van der Waals surface area contributed by atoms with Crippen molar-refractivity contribution in [2.75, 3.05) is 13.1 Å². The maximum Gasteiger partial charge on any atom is 0.407 e. The van der Waals surface area contributed by atoms with Crippen molar-refractivity contribution >= 4 is 6.09 Å². The molecular weight excluding hydrogens is 192 g/mol. The van der Waals surface area contributed by atoms with Crippen LogP contribution in [0.25, 0.3) is 0 Å². The number of carbonyl (C=O) groups is 1. The fourth-order valence-corrected chi connectivity index (χ4v) is 1.07. The molecule has 1 atom stereocenters. The van der Waals surface area contributed by atoms with Crippen LogP contribution < -0.4 is 11.1 Å². The maximum atomic E-state index is 11.2. The van der Waals surface area contributed by atoms with Gasteiger partial charge in [-0.05, 0) is 46.1 Å². The molecule has 0 aliphatic heterocycles. The average molecular weight is 216 g/mol. The van der Waals surface area contributed by atoms with Crippen LogP contribution >= 0.6 is 0 Å². The number of carbonyl (C=O) groups excluding carboxylic acids is 1. The minimum Gasteiger partial charge on any atom is -0.444 e. The minimum absolute atomic E-state index is 0.345. The van der Waals surface area contributed by atoms with E-state index in [1.807, 2.05) is 20.8 Å². The summed E-state index contributed by atoms with van der Waals surface area (Å²) in [5.74, 6) is 0.519. The normalized spacial score (nSPS) is 13.4. The molecule has 0 aromatic rings. The number of nitrogens with two attached hydrogens (primary N) is 1. The lowest BCUT2D eigenvalue weighted by atomic mass is 10.1. The van der Waals surface area contributed by atoms with Crippen LogP contribution in [0.15, 0.2) is 0 Å². The molecule has 0 saturated heterocycles. The summed E-state index contributed by atoms with van der Waals surface area (Å²) in [6, 6.07) is 0. The van der Waals surface area contributed by atoms with Gasteiger partial charge < -0.3 is 15.8 Å². The molecule has 3 N–H and O–H groups in total. The van der Waals surface area contributed by atoms with Crippen LogP contribution in [0.5, 0.6) is 0 Å². The van der Waals surface area contributed by atoms with Crippen molar-refractivity contribution in [2.45, 2.75) is 46.1 Å². The lowest BCUT2D eigenvalue weighted by Gasteiger charge is -2.19. The van der Waals surface area contributed by atoms with Gasteiger partial charge in [0.25, 0.3) is 0 Å². The summed E-state index contributed by atoms with van der Waals surface area (Å²) in [5.41, 5.74) is 5.06. The highest BCUT2D eigenvalue weighted by molar-refractivity contribution is 5.67. The molecule has 0 unspecified atom stereocenters. The van der Waals surface area contributed by atoms with Crippen molar-refractivity contribution in [3.8, 4) is 0 Å². The molecule has 0 fully saturated rings. The molecule has 0 saturated carbocycles. The monoisotopic (exact) mass is 216 g/mol. The SMILES string of the molecule is C[C@H](CN)CCCNC(=O)OC(C)(C)C. The quantitative estimate of drug-likeness (QED) is 0.690. The Morgan fingerprint density at radius 3 is 2.53 bits per heavy atom. The molecule has 0 spiro atoms. The Morgan fingerprint density at radius 2 is 2.07 bits per heavy atom. The highest BCUT2D eigenvalue weighted by Gasteiger charge is 2.15. The third-order valence-corrected chi connectivity index (χ3v) is 1.94. The zero-order valence-corrected chi connectivity index (χ0v) is 10.3. The van der Waals surface area contributed by atoms with Crippen LogP contribution in [-0.2, 0) is 4.74 Å². The predicted molar refractivity (Wildman–Crippen MR) is 61.7 cm³/mol. The largest absolute Gasteiger partial charge is 0.444 e. The predicted octanol–water partition coefficient (Wildman–Crippen LogP) is 1.89. The zero-order valence-electron chi connectivity index (χ0n) is 10.3. The number of hydrogen-bond acceptors (Lipinski definition) is 3. The van der Waals surface area contributed by atoms with Crippen LogP contribution in [-0.4, -0.2) is 24.8 Å². The fraction of sp³-hybridized carbons (Fsp3) is 0.909. The number of amides is 1. The first-order valence-corrected chi connectivity index (χ1v) is 5.52. The van der Waals surface area contributed by atoms with Crippen LogP contribution in [0.4, 0.5) is 4.79 Å². The third kappa shape index (κ3) is 9.53. The number of nitrogens with one attached hydrogen (secondary N) is 1. The Morgan fingerprint density at radius 1 is 1.47 bits per heavy atom. The lowest BCUT2D eigenvalue weighted by molar-refractivity contribution is 0.0526. The Hall–Kier alpha value is -0.770. The Balaban J connectivity index is 3.48. The average Bonchev–Trinajstić information content (AvgIpc) is 2.09. The van der Waals surface area contributed by atoms with Crippen LogP contribution in [0.1, 0.15) is 40.5 Å². The summed E-state index contributed by atoms with van der Waals surface area (Å²) >= 11 is 0. The Labute approximate surface area is 92.6 Å². The second-order valence-corrected chi connectivity index (χ2v) is 4.91. The van der Waals surface area contributed by atoms with Crippen molar-refractivity contribution in [3.63, 3.8) is 0 Å². The van der Waals surface area contributed by atoms with Crippen LogP contribution in [0, 0.1) is 5.92 Å². The van der Waals surface area contributed by atoms with Crippen molar-refractivity contribution < 1.29 is 9.53 Å². The van der Waals surface area contributed by atoms with E-state index in [1.54, 1.807) is 0 Å². The van der Waals surface area contributed by atoms with Gasteiger partial charge in [0.2, 0.25) is 0 Å². The highest BCUT2D eigenvalue weighted by Crippen LogP contribution is 2.06. The van der Waals surface area contributed by atoms with Gasteiger partial charge in [-0.1, -0.05) is 6.92 Å². The molecule has 0 aliphatic carbocycles. The standard InChI is InChI=1S/C11H24N2O2/c1-9(8-12)6-5-7-13-10(14)15-11(2,3)4/h9H,5-8,12H2,1-4H3,(H,13,14)/t9-/m0/s1. The number of rotatable bonds is 5. The van der Waals surface area contributed by atoms with E-state index in [-0.39, 0.29) is 6.09 Å². The molecule has 4 heteroatoms. The van der Waals surface area contributed by atoms with E-state index >= 15 is 0 Å². The molecule has 0 aliphatic rings. The summed E-state index contributed by atoms with van der Waals surface area (Å²) in [4.78, 5) is 11.2. The molecule has 4 nitrogen and oxygen atoms in total. The molecule has 90 valence electrons. The first-order chi connectivity index (χ1) is 6.85. The van der Waals surface area contributed by atoms with Crippen molar-refractivity contribution in [1.29, 1.82) is 0 Å². The first-order valence-electron chi connectivity index (χ1n) is 5.52. The second kappa shape index (κ2) is 6.67. The van der Waals surface area contributed by atoms with E-state index in [4.69, 9.17) is 10.5 Å². The number of hydrogen-bond donors (Lipinski definition) is 2. The van der Waals surface area contributed by atoms with Gasteiger partial charge in [0.05, 0.1) is 0 Å². The maximum absolute atomic E-state index is 11.2. The van der Waals surface area contributed by atoms with Gasteiger partial charge >= 0.3 is 6.09 Å². The fourth-order valence-electron chi connectivity index (χ4n) is 1.07. The van der Waals surface area contributed by atoms with Crippen molar-refractivity contribution in [1.82, 2.24) is 5.32 Å². The van der Waals surface area contributed by atoms with Crippen molar-refractivity contribution in [3.05, 3.63) is 0 Å². The van der Waals surface area contributed by atoms with E-state index in [0.29, 0.717) is 19.0 Å². The van der Waals surface area contributed by atoms with E-state index in [0.717, 1.165) is 12.8 Å². The van der Waals surface area contributed by atoms with E-state index in [2.05, 4.69) is 12.2 Å². The summed E-state index contributed by atoms with van der Waals surface area (Å²) in [5, 5.41) is 2.72. The second-order valence-electron chi connectivity index (χ2n) is 4.91. The van der Waals surface area contributed by atoms with Crippen LogP contribution in [0.3, 0.4) is 0 Å². The Kier molecular flexibility index (Phi) is 6.32. The smallest absolute Gasteiger partial charge is 0.407 e. The number of ether oxygens (including phenoxy) is 1. The van der Waals surface area contributed by atoms with Gasteiger partial charge in [0, 0.05) is 6.54 Å². The molecular formula is C11H24N2O2. The summed E-state index contributed by atoms with van der Waals surface area (Å²) in [6.45, 7) is 9.01. The molecule has 0 aromatic heterocycles. The van der Waals surface area contributed by atoms with E-state index in [1.165, 1.54) is 0 Å². The molecule has 0 aromatic carbocycles. The topological polar surface area (TPSA) is 64.3 Å². The van der Waals surface area contributed by atoms with Gasteiger partial charge in [-0.25, -0.2) is 4.79 Å². The summed E-state index contributed by atoms with van der Waals surface area (Å²) in [7, 11) is 0. The minimum atomic E-state index is -0.422. The zero-order chi connectivity index (χ0) is 11.9. The molecule has 15 heavy (non-hydrogen) atoms. The van der Waals surface area contributed by atoms with E-state index < -0.39 is 5.60 Å². The molecule has 0 rings (SSSR count). The summed E-state index contributed by atoms with van der Waals surface area (Å²) < 4.78 is 5.10. The first kappa shape index (κ1) is 14.2. The number of alkyl carbamates (subject to hydrolysis) is 1. The molecule has 0 radical (unpaired) electrons. The Bertz CT molecular complexity index is 188. The molecule has 0 bridgehead atoms. The highest BCUT2D eigenvalue weighted by atomic mass is 16.6. The van der Waals surface area contributed by atoms with Gasteiger partial charge in [-0.3, -0.25) is 0 Å². The van der Waals surface area contributed by atoms with E-state index in [9.17, 15) is 4.79 Å². The molecule has 0 heterocycles. The summed E-state index contributed by atoms with van der Waals surface area (Å²) in [6.07, 6.45) is 1.63. The van der Waals surface area contributed by atoms with Gasteiger partial charge in [-0.15, -0.1) is 0 Å². The van der Waals surface area contributed by atoms with Gasteiger partial charge in [-0.2, -0.15) is 0 Å². The lowest BCUT2D eigenvalue weighted by Crippen LogP contribution is -2.33. The third-order valence-electron chi connectivity index (χ3n) is 1.94. The van der Waals surface area contributed by atoms with Crippen LogP contribution in [0.2, 0.25) is 0 Å². The van der Waals surface area contributed by atoms with Gasteiger partial charge in [0.15, 0.2) is 0 Å². The van der Waals surface area contributed by atoms with Crippen molar-refractivity contribution in [2.24, 2.45) is 11.7 Å².